The Labute approximate surface area is 270 Å². The van der Waals surface area contributed by atoms with Crippen LogP contribution < -0.4 is 43.0 Å². The molecule has 0 aromatic carbocycles. The predicted molar refractivity (Wildman–Crippen MR) is 160 cm³/mol. The fraction of sp³-hybridized carbons (Fsp3) is 0.630. The van der Waals surface area contributed by atoms with Gasteiger partial charge in [-0.05, 0) is 32.6 Å². The molecule has 0 aromatic heterocycles. The van der Waals surface area contributed by atoms with E-state index in [4.69, 9.17) is 15.9 Å². The summed E-state index contributed by atoms with van der Waals surface area (Å²) in [6.07, 6.45) is -1.61. The summed E-state index contributed by atoms with van der Waals surface area (Å²) in [5.74, 6) is -9.47. The van der Waals surface area contributed by atoms with Crippen LogP contribution in [0.5, 0.6) is 0 Å². The molecule has 0 aliphatic rings. The van der Waals surface area contributed by atoms with Crippen LogP contribution in [0.2, 0.25) is 0 Å². The van der Waals surface area contributed by atoms with Crippen LogP contribution in [0.25, 0.3) is 0 Å². The summed E-state index contributed by atoms with van der Waals surface area (Å²) in [6, 6.07) is -6.77. The Morgan fingerprint density at radius 2 is 1.09 bits per heavy atom. The van der Waals surface area contributed by atoms with Crippen LogP contribution in [0.3, 0.4) is 0 Å². The Hall–Kier alpha value is -5.30. The van der Waals surface area contributed by atoms with Crippen molar-refractivity contribution in [3.8, 4) is 0 Å². The molecule has 20 heteroatoms. The van der Waals surface area contributed by atoms with Gasteiger partial charge in [0.25, 0.3) is 0 Å². The molecule has 8 amide bonds. The highest BCUT2D eigenvalue weighted by Gasteiger charge is 2.30. The van der Waals surface area contributed by atoms with Gasteiger partial charge in [-0.3, -0.25) is 47.9 Å². The number of hydrogen-bond acceptors (Lipinski definition) is 10. The second kappa shape index (κ2) is 20.7. The summed E-state index contributed by atoms with van der Waals surface area (Å²) in [6.45, 7) is 6.19. The fourth-order valence-corrected chi connectivity index (χ4v) is 3.68. The lowest BCUT2D eigenvalue weighted by Crippen LogP contribution is -2.58. The Morgan fingerprint density at radius 1 is 0.596 bits per heavy atom. The Kier molecular flexibility index (Phi) is 18.3. The zero-order chi connectivity index (χ0) is 36.4. The molecule has 0 bridgehead atoms. The van der Waals surface area contributed by atoms with Crippen molar-refractivity contribution in [3.63, 3.8) is 0 Å². The molecule has 0 saturated carbocycles. The highest BCUT2D eigenvalue weighted by atomic mass is 16.4. The van der Waals surface area contributed by atoms with E-state index in [0.717, 1.165) is 0 Å². The molecule has 0 unspecified atom stereocenters. The third-order valence-electron chi connectivity index (χ3n) is 6.13. The van der Waals surface area contributed by atoms with E-state index >= 15 is 0 Å². The highest BCUT2D eigenvalue weighted by molar-refractivity contribution is 5.97. The summed E-state index contributed by atoms with van der Waals surface area (Å²) in [7, 11) is 0. The van der Waals surface area contributed by atoms with E-state index in [1.807, 2.05) is 0 Å². The molecule has 0 spiro atoms. The van der Waals surface area contributed by atoms with E-state index in [-0.39, 0.29) is 18.8 Å². The van der Waals surface area contributed by atoms with Crippen molar-refractivity contribution < 1.29 is 58.2 Å². The topological polar surface area (TPSA) is 321 Å². The largest absolute Gasteiger partial charge is 0.481 e. The molecule has 5 atom stereocenters. The van der Waals surface area contributed by atoms with Gasteiger partial charge < -0.3 is 53.2 Å². The maximum atomic E-state index is 13.0. The Morgan fingerprint density at radius 3 is 1.53 bits per heavy atom. The van der Waals surface area contributed by atoms with Crippen molar-refractivity contribution in [1.82, 2.24) is 37.2 Å². The van der Waals surface area contributed by atoms with Gasteiger partial charge in [-0.15, -0.1) is 0 Å². The normalized spacial score (nSPS) is 13.7. The minimum Gasteiger partial charge on any atom is -0.481 e. The van der Waals surface area contributed by atoms with Crippen LogP contribution in [0, 0.1) is 5.92 Å². The molecule has 0 heterocycles. The number of carbonyl (C=O) groups excluding carboxylic acids is 8. The number of hydrogen-bond donors (Lipinski definition) is 10. The van der Waals surface area contributed by atoms with Gasteiger partial charge in [0.1, 0.15) is 30.2 Å². The number of rotatable bonds is 21. The molecule has 264 valence electrons. The van der Waals surface area contributed by atoms with Crippen molar-refractivity contribution in [1.29, 1.82) is 0 Å². The molecular weight excluding hydrogens is 628 g/mol. The van der Waals surface area contributed by atoms with Crippen LogP contribution in [-0.4, -0.2) is 113 Å². The number of carbonyl (C=O) groups is 10. The first-order chi connectivity index (χ1) is 21.7. The number of nitrogens with one attached hydrogen (secondary N) is 7. The molecule has 0 saturated heterocycles. The zero-order valence-electron chi connectivity index (χ0n) is 26.8. The Balaban J connectivity index is 5.44. The molecule has 0 radical (unpaired) electrons. The average Bonchev–Trinajstić information content (AvgIpc) is 2.95. The number of carboxylic acid groups (broad SMARTS) is 2. The van der Waals surface area contributed by atoms with E-state index in [9.17, 15) is 47.9 Å². The molecule has 20 nitrogen and oxygen atoms in total. The van der Waals surface area contributed by atoms with Gasteiger partial charge in [0.2, 0.25) is 47.3 Å². The number of aliphatic carboxylic acids is 2. The number of carboxylic acids is 2. The van der Waals surface area contributed by atoms with E-state index < -0.39 is 115 Å². The van der Waals surface area contributed by atoms with Gasteiger partial charge in [0.05, 0.1) is 19.5 Å². The van der Waals surface area contributed by atoms with Crippen molar-refractivity contribution >= 4 is 59.2 Å². The third-order valence-corrected chi connectivity index (χ3v) is 6.13. The molecule has 0 aliphatic carbocycles. The molecule has 0 rings (SSSR count). The SMILES string of the molecule is CC(=O)NCC(=O)NCC(=O)N[C@@H](CCC(=O)O)C(=O)N[C@@H](C)C(=O)N[C@@H](CC(C)C)C(=O)N[C@@H](C)C(=O)N[C@@H](CC(=O)O)C(N)=O. The zero-order valence-corrected chi connectivity index (χ0v) is 26.8. The van der Waals surface area contributed by atoms with Gasteiger partial charge in [-0.1, -0.05) is 13.8 Å². The maximum Gasteiger partial charge on any atom is 0.305 e. The third kappa shape index (κ3) is 18.3. The van der Waals surface area contributed by atoms with Crippen molar-refractivity contribution in [2.24, 2.45) is 11.7 Å². The highest BCUT2D eigenvalue weighted by Crippen LogP contribution is 2.07. The lowest BCUT2D eigenvalue weighted by Gasteiger charge is -2.25. The Bertz CT molecular complexity index is 1210. The number of amides is 8. The van der Waals surface area contributed by atoms with Crippen molar-refractivity contribution in [3.05, 3.63) is 0 Å². The van der Waals surface area contributed by atoms with Crippen LogP contribution in [0.1, 0.15) is 60.3 Å². The second-order valence-electron chi connectivity index (χ2n) is 11.0. The van der Waals surface area contributed by atoms with Crippen LogP contribution in [0.4, 0.5) is 0 Å². The quantitative estimate of drug-likeness (QED) is 0.0552. The van der Waals surface area contributed by atoms with Gasteiger partial charge in [0, 0.05) is 13.3 Å². The standard InChI is InChI=1S/C27H44N8O12/c1-12(2)8-18(27(47)32-13(3)24(44)34-17(23(28)43)9-22(41)42)35-25(45)14(4)31-26(46)16(6-7-21(39)40)33-20(38)11-30-19(37)10-29-15(5)36/h12-14,16-18H,6-11H2,1-5H3,(H2,28,43)(H,29,36)(H,30,37)(H,31,46)(H,32,47)(H,33,38)(H,34,44)(H,35,45)(H,39,40)(H,41,42)/t13-,14-,16-,17-,18-/m0/s1. The number of primary amides is 1. The second-order valence-corrected chi connectivity index (χ2v) is 11.0. The van der Waals surface area contributed by atoms with E-state index in [2.05, 4.69) is 37.2 Å². The van der Waals surface area contributed by atoms with Crippen LogP contribution in [0.15, 0.2) is 0 Å². The molecule has 11 N–H and O–H groups in total. The van der Waals surface area contributed by atoms with E-state index in [1.54, 1.807) is 13.8 Å². The molecular formula is C27H44N8O12. The summed E-state index contributed by atoms with van der Waals surface area (Å²) < 4.78 is 0. The molecule has 0 fully saturated rings. The lowest BCUT2D eigenvalue weighted by molar-refractivity contribution is -0.140. The fourth-order valence-electron chi connectivity index (χ4n) is 3.68. The smallest absolute Gasteiger partial charge is 0.305 e. The minimum absolute atomic E-state index is 0.0838. The first kappa shape index (κ1) is 41.7. The monoisotopic (exact) mass is 672 g/mol. The molecule has 47 heavy (non-hydrogen) atoms. The van der Waals surface area contributed by atoms with Gasteiger partial charge in [0.15, 0.2) is 0 Å². The van der Waals surface area contributed by atoms with Crippen LogP contribution in [-0.2, 0) is 47.9 Å². The summed E-state index contributed by atoms with van der Waals surface area (Å²) in [4.78, 5) is 120. The maximum absolute atomic E-state index is 13.0. The molecule has 0 aliphatic heterocycles. The van der Waals surface area contributed by atoms with Gasteiger partial charge >= 0.3 is 11.9 Å². The van der Waals surface area contributed by atoms with E-state index in [0.29, 0.717) is 0 Å². The summed E-state index contributed by atoms with van der Waals surface area (Å²) in [5.41, 5.74) is 5.12. The van der Waals surface area contributed by atoms with Crippen molar-refractivity contribution in [2.45, 2.75) is 90.5 Å². The van der Waals surface area contributed by atoms with Crippen molar-refractivity contribution in [2.75, 3.05) is 13.1 Å². The van der Waals surface area contributed by atoms with Gasteiger partial charge in [-0.2, -0.15) is 0 Å². The predicted octanol–water partition coefficient (Wildman–Crippen LogP) is -4.43. The molecule has 0 aromatic rings. The summed E-state index contributed by atoms with van der Waals surface area (Å²) in [5, 5.41) is 33.9. The van der Waals surface area contributed by atoms with Crippen LogP contribution >= 0.6 is 0 Å². The number of nitrogens with two attached hydrogens (primary N) is 1. The summed E-state index contributed by atoms with van der Waals surface area (Å²) >= 11 is 0. The lowest BCUT2D eigenvalue weighted by atomic mass is 10.0. The van der Waals surface area contributed by atoms with Gasteiger partial charge in [-0.25, -0.2) is 0 Å². The average molecular weight is 673 g/mol. The first-order valence-corrected chi connectivity index (χ1v) is 14.5. The minimum atomic E-state index is -1.53. The van der Waals surface area contributed by atoms with E-state index in [1.165, 1.54) is 20.8 Å². The first-order valence-electron chi connectivity index (χ1n) is 14.5.